The number of ether oxygens (including phenoxy) is 1. The number of halogens is 1. The van der Waals surface area contributed by atoms with Crippen LogP contribution in [0.3, 0.4) is 0 Å². The van der Waals surface area contributed by atoms with Gasteiger partial charge in [-0.2, -0.15) is 0 Å². The van der Waals surface area contributed by atoms with E-state index in [1.54, 1.807) is 17.0 Å². The highest BCUT2D eigenvalue weighted by Gasteiger charge is 2.33. The molecule has 4 rings (SSSR count). The molecule has 2 heterocycles. The number of nitrogens with one attached hydrogen (secondary N) is 1. The van der Waals surface area contributed by atoms with Gasteiger partial charge in [-0.3, -0.25) is 9.69 Å². The van der Waals surface area contributed by atoms with Gasteiger partial charge in [-0.15, -0.1) is 0 Å². The topological polar surface area (TPSA) is 58.6 Å². The number of nitrogens with zero attached hydrogens (tertiary/aromatic N) is 1. The molecule has 0 saturated carbocycles. The highest BCUT2D eigenvalue weighted by atomic mass is 19.1. The largest absolute Gasteiger partial charge is 0.449 e. The van der Waals surface area contributed by atoms with Crippen molar-refractivity contribution in [2.75, 3.05) is 19.7 Å². The number of rotatable bonds is 3. The standard InChI is InChI=1S/C22H23FN2O3/c23-18-7-5-17(6-8-18)21-19-4-2-1-3-16(19)10-12-25(21)22(27)28-14-15-9-11-24-20(26)13-15/h1-8,15,21H,9-14H2,(H,24,26)/t15-,21-/m0/s1. The van der Waals surface area contributed by atoms with Crippen molar-refractivity contribution in [3.8, 4) is 0 Å². The van der Waals surface area contributed by atoms with Crippen LogP contribution in [0.25, 0.3) is 0 Å². The third-order valence-electron chi connectivity index (χ3n) is 5.49. The van der Waals surface area contributed by atoms with Crippen LogP contribution in [0.2, 0.25) is 0 Å². The summed E-state index contributed by atoms with van der Waals surface area (Å²) in [4.78, 5) is 26.1. The lowest BCUT2D eigenvalue weighted by Gasteiger charge is -2.37. The van der Waals surface area contributed by atoms with Gasteiger partial charge in [-0.05, 0) is 41.7 Å². The summed E-state index contributed by atoms with van der Waals surface area (Å²) >= 11 is 0. The maximum Gasteiger partial charge on any atom is 0.410 e. The first-order valence-electron chi connectivity index (χ1n) is 9.65. The van der Waals surface area contributed by atoms with Gasteiger partial charge < -0.3 is 10.1 Å². The average molecular weight is 382 g/mol. The van der Waals surface area contributed by atoms with Gasteiger partial charge in [-0.25, -0.2) is 9.18 Å². The van der Waals surface area contributed by atoms with Crippen molar-refractivity contribution in [2.45, 2.75) is 25.3 Å². The quantitative estimate of drug-likeness (QED) is 0.885. The lowest BCUT2D eigenvalue weighted by Crippen LogP contribution is -2.42. The van der Waals surface area contributed by atoms with E-state index in [9.17, 15) is 14.0 Å². The number of amides is 2. The zero-order chi connectivity index (χ0) is 19.5. The Bertz CT molecular complexity index is 868. The number of piperidine rings is 1. The first kappa shape index (κ1) is 18.5. The second-order valence-electron chi connectivity index (χ2n) is 7.38. The minimum Gasteiger partial charge on any atom is -0.449 e. The van der Waals surface area contributed by atoms with Gasteiger partial charge in [0.2, 0.25) is 5.91 Å². The molecule has 2 aliphatic heterocycles. The Labute approximate surface area is 163 Å². The summed E-state index contributed by atoms with van der Waals surface area (Å²) < 4.78 is 19.0. The van der Waals surface area contributed by atoms with Gasteiger partial charge in [0, 0.05) is 25.4 Å². The predicted molar refractivity (Wildman–Crippen MR) is 102 cm³/mol. The zero-order valence-corrected chi connectivity index (χ0v) is 15.6. The van der Waals surface area contributed by atoms with E-state index >= 15 is 0 Å². The van der Waals surface area contributed by atoms with Crippen molar-refractivity contribution in [1.29, 1.82) is 0 Å². The van der Waals surface area contributed by atoms with Crippen molar-refractivity contribution in [3.63, 3.8) is 0 Å². The third-order valence-corrected chi connectivity index (χ3v) is 5.49. The molecule has 0 unspecified atom stereocenters. The molecule has 2 aromatic rings. The molecule has 28 heavy (non-hydrogen) atoms. The number of carbonyl (C=O) groups excluding carboxylic acids is 2. The Morgan fingerprint density at radius 2 is 1.96 bits per heavy atom. The minimum atomic E-state index is -0.394. The Morgan fingerprint density at radius 1 is 1.18 bits per heavy atom. The van der Waals surface area contributed by atoms with Crippen LogP contribution in [0, 0.1) is 11.7 Å². The molecule has 6 heteroatoms. The molecule has 1 N–H and O–H groups in total. The van der Waals surface area contributed by atoms with E-state index < -0.39 is 6.09 Å². The lowest BCUT2D eigenvalue weighted by atomic mass is 9.88. The van der Waals surface area contributed by atoms with Crippen molar-refractivity contribution in [2.24, 2.45) is 5.92 Å². The number of hydrogen-bond donors (Lipinski definition) is 1. The minimum absolute atomic E-state index is 0.00314. The smallest absolute Gasteiger partial charge is 0.410 e. The average Bonchev–Trinajstić information content (AvgIpc) is 2.72. The lowest BCUT2D eigenvalue weighted by molar-refractivity contribution is -0.124. The van der Waals surface area contributed by atoms with Gasteiger partial charge in [0.05, 0.1) is 12.6 Å². The molecular formula is C22H23FN2O3. The number of carbonyl (C=O) groups is 2. The SMILES string of the molecule is O=C1C[C@@H](COC(=O)N2CCc3ccccc3[C@@H]2c2ccc(F)cc2)CCN1. The van der Waals surface area contributed by atoms with Crippen LogP contribution in [0.1, 0.15) is 35.6 Å². The van der Waals surface area contributed by atoms with Crippen LogP contribution in [-0.2, 0) is 16.0 Å². The second-order valence-corrected chi connectivity index (χ2v) is 7.38. The summed E-state index contributed by atoms with van der Waals surface area (Å²) in [5, 5.41) is 2.79. The maximum atomic E-state index is 13.4. The monoisotopic (exact) mass is 382 g/mol. The summed E-state index contributed by atoms with van der Waals surface area (Å²) in [5.41, 5.74) is 3.07. The summed E-state index contributed by atoms with van der Waals surface area (Å²) in [6.07, 6.45) is 1.55. The fourth-order valence-electron chi connectivity index (χ4n) is 4.03. The first-order valence-corrected chi connectivity index (χ1v) is 9.65. The molecule has 0 bridgehead atoms. The maximum absolute atomic E-state index is 13.4. The summed E-state index contributed by atoms with van der Waals surface area (Å²) in [6.45, 7) is 1.39. The van der Waals surface area contributed by atoms with Crippen LogP contribution in [-0.4, -0.2) is 36.6 Å². The Balaban J connectivity index is 1.55. The number of hydrogen-bond acceptors (Lipinski definition) is 3. The zero-order valence-electron chi connectivity index (χ0n) is 15.6. The van der Waals surface area contributed by atoms with Crippen molar-refractivity contribution < 1.29 is 18.7 Å². The van der Waals surface area contributed by atoms with E-state index in [0.717, 1.165) is 24.0 Å². The molecule has 0 spiro atoms. The van der Waals surface area contributed by atoms with Gasteiger partial charge in [0.25, 0.3) is 0 Å². The fourth-order valence-corrected chi connectivity index (χ4v) is 4.03. The third kappa shape index (κ3) is 3.86. The van der Waals surface area contributed by atoms with Crippen molar-refractivity contribution in [1.82, 2.24) is 10.2 Å². The molecular weight excluding hydrogens is 359 g/mol. The molecule has 2 aliphatic rings. The molecule has 1 saturated heterocycles. The van der Waals surface area contributed by atoms with E-state index in [4.69, 9.17) is 4.74 Å². The Hall–Kier alpha value is -2.89. The molecule has 0 aromatic heterocycles. The van der Waals surface area contributed by atoms with E-state index in [2.05, 4.69) is 11.4 Å². The van der Waals surface area contributed by atoms with Gasteiger partial charge >= 0.3 is 6.09 Å². The van der Waals surface area contributed by atoms with Crippen LogP contribution in [0.15, 0.2) is 48.5 Å². The molecule has 0 radical (unpaired) electrons. The van der Waals surface area contributed by atoms with E-state index in [1.165, 1.54) is 17.7 Å². The molecule has 0 aliphatic carbocycles. The highest BCUT2D eigenvalue weighted by molar-refractivity contribution is 5.77. The van der Waals surface area contributed by atoms with Gasteiger partial charge in [-0.1, -0.05) is 36.4 Å². The summed E-state index contributed by atoms with van der Waals surface area (Å²) in [7, 11) is 0. The molecule has 2 aromatic carbocycles. The van der Waals surface area contributed by atoms with Gasteiger partial charge in [0.15, 0.2) is 0 Å². The van der Waals surface area contributed by atoms with Crippen molar-refractivity contribution in [3.05, 3.63) is 71.0 Å². The van der Waals surface area contributed by atoms with E-state index in [0.29, 0.717) is 19.5 Å². The predicted octanol–water partition coefficient (Wildman–Crippen LogP) is 3.44. The molecule has 2 amide bonds. The van der Waals surface area contributed by atoms with E-state index in [-0.39, 0.29) is 30.3 Å². The highest BCUT2D eigenvalue weighted by Crippen LogP contribution is 2.35. The number of fused-ring (bicyclic) bond motifs is 1. The van der Waals surface area contributed by atoms with E-state index in [1.807, 2.05) is 18.2 Å². The molecule has 2 atom stereocenters. The second kappa shape index (κ2) is 8.00. The molecule has 5 nitrogen and oxygen atoms in total. The van der Waals surface area contributed by atoms with Gasteiger partial charge in [0.1, 0.15) is 5.82 Å². The van der Waals surface area contributed by atoms with Crippen LogP contribution >= 0.6 is 0 Å². The Kier molecular flexibility index (Phi) is 5.28. The Morgan fingerprint density at radius 3 is 2.75 bits per heavy atom. The van der Waals surface area contributed by atoms with Crippen LogP contribution < -0.4 is 5.32 Å². The number of benzene rings is 2. The summed E-state index contributed by atoms with van der Waals surface area (Å²) in [6, 6.07) is 14.0. The first-order chi connectivity index (χ1) is 13.6. The van der Waals surface area contributed by atoms with Crippen LogP contribution in [0.5, 0.6) is 0 Å². The normalized spacial score (nSPS) is 21.6. The molecule has 146 valence electrons. The van der Waals surface area contributed by atoms with Crippen molar-refractivity contribution >= 4 is 12.0 Å². The summed E-state index contributed by atoms with van der Waals surface area (Å²) in [5.74, 6) is -0.250. The molecule has 1 fully saturated rings. The van der Waals surface area contributed by atoms with Crippen LogP contribution in [0.4, 0.5) is 9.18 Å². The fraction of sp³-hybridized carbons (Fsp3) is 0.364.